The first-order chi connectivity index (χ1) is 11.2. The Morgan fingerprint density at radius 2 is 1.70 bits per heavy atom. The summed E-state index contributed by atoms with van der Waals surface area (Å²) in [4.78, 5) is 24.3. The molecule has 1 aliphatic heterocycles. The normalized spacial score (nSPS) is 21.6. The summed E-state index contributed by atoms with van der Waals surface area (Å²) in [5.41, 5.74) is 5.31. The molecule has 0 aromatic carbocycles. The van der Waals surface area contributed by atoms with E-state index in [4.69, 9.17) is 10.5 Å². The van der Waals surface area contributed by atoms with Crippen molar-refractivity contribution in [2.75, 3.05) is 32.8 Å². The van der Waals surface area contributed by atoms with Gasteiger partial charge in [0.05, 0.1) is 5.41 Å². The molecule has 0 unspecified atom stereocenters. The van der Waals surface area contributed by atoms with Crippen molar-refractivity contribution in [3.05, 3.63) is 0 Å². The minimum Gasteiger partial charge on any atom is -0.381 e. The van der Waals surface area contributed by atoms with Gasteiger partial charge in [0.2, 0.25) is 11.8 Å². The van der Waals surface area contributed by atoms with Gasteiger partial charge in [0.1, 0.15) is 0 Å². The monoisotopic (exact) mass is 325 g/mol. The summed E-state index contributed by atoms with van der Waals surface area (Å²) in [5, 5.41) is 5.82. The van der Waals surface area contributed by atoms with E-state index < -0.39 is 5.41 Å². The molecule has 1 saturated heterocycles. The van der Waals surface area contributed by atoms with Crippen LogP contribution in [0.2, 0.25) is 0 Å². The van der Waals surface area contributed by atoms with Gasteiger partial charge in [0, 0.05) is 39.3 Å². The highest BCUT2D eigenvalue weighted by atomic mass is 16.5. The lowest BCUT2D eigenvalue weighted by molar-refractivity contribution is -0.136. The number of hydrogen-bond acceptors (Lipinski definition) is 4. The second kappa shape index (κ2) is 9.23. The van der Waals surface area contributed by atoms with Crippen LogP contribution in [-0.2, 0) is 14.3 Å². The predicted molar refractivity (Wildman–Crippen MR) is 88.8 cm³/mol. The van der Waals surface area contributed by atoms with Gasteiger partial charge in [-0.1, -0.05) is 19.3 Å². The maximum absolute atomic E-state index is 12.4. The standard InChI is InChI=1S/C17H31N3O3/c18-13-17(6-10-23-11-7-17)16(22)20-9-8-19-15(21)12-14-4-2-1-3-5-14/h14H,1-13,18H2,(H,19,21)(H,20,22). The number of carbonyl (C=O) groups is 2. The second-order valence-corrected chi connectivity index (χ2v) is 6.91. The third-order valence-electron chi connectivity index (χ3n) is 5.25. The van der Waals surface area contributed by atoms with E-state index in [0.29, 0.717) is 58.0 Å². The van der Waals surface area contributed by atoms with Crippen molar-refractivity contribution in [2.24, 2.45) is 17.1 Å². The Hall–Kier alpha value is -1.14. The van der Waals surface area contributed by atoms with Gasteiger partial charge < -0.3 is 21.1 Å². The average Bonchev–Trinajstić information content (AvgIpc) is 2.60. The third kappa shape index (κ3) is 5.46. The van der Waals surface area contributed by atoms with Gasteiger partial charge in [-0.05, 0) is 31.6 Å². The largest absolute Gasteiger partial charge is 0.381 e. The van der Waals surface area contributed by atoms with E-state index in [0.717, 1.165) is 0 Å². The number of hydrogen-bond donors (Lipinski definition) is 3. The maximum atomic E-state index is 12.4. The molecule has 0 aromatic rings. The fourth-order valence-electron chi connectivity index (χ4n) is 3.58. The minimum absolute atomic E-state index is 0.00942. The highest BCUT2D eigenvalue weighted by Gasteiger charge is 2.38. The summed E-state index contributed by atoms with van der Waals surface area (Å²) >= 11 is 0. The summed E-state index contributed by atoms with van der Waals surface area (Å²) in [7, 11) is 0. The molecule has 2 fully saturated rings. The highest BCUT2D eigenvalue weighted by molar-refractivity contribution is 5.83. The second-order valence-electron chi connectivity index (χ2n) is 6.91. The van der Waals surface area contributed by atoms with Crippen LogP contribution in [0, 0.1) is 11.3 Å². The molecule has 1 saturated carbocycles. The van der Waals surface area contributed by atoms with E-state index in [2.05, 4.69) is 10.6 Å². The average molecular weight is 325 g/mol. The van der Waals surface area contributed by atoms with Crippen LogP contribution >= 0.6 is 0 Å². The van der Waals surface area contributed by atoms with Gasteiger partial charge in [0.25, 0.3) is 0 Å². The molecule has 23 heavy (non-hydrogen) atoms. The molecule has 6 heteroatoms. The number of nitrogens with two attached hydrogens (primary N) is 1. The summed E-state index contributed by atoms with van der Waals surface area (Å²) in [6.45, 7) is 2.45. The van der Waals surface area contributed by atoms with Crippen molar-refractivity contribution in [2.45, 2.75) is 51.4 Å². The fourth-order valence-corrected chi connectivity index (χ4v) is 3.58. The number of rotatable bonds is 7. The van der Waals surface area contributed by atoms with Crippen molar-refractivity contribution in [1.82, 2.24) is 10.6 Å². The van der Waals surface area contributed by atoms with E-state index in [1.165, 1.54) is 32.1 Å². The first-order valence-corrected chi connectivity index (χ1v) is 8.99. The molecule has 0 bridgehead atoms. The maximum Gasteiger partial charge on any atom is 0.227 e. The molecule has 2 rings (SSSR count). The number of ether oxygens (including phenoxy) is 1. The van der Waals surface area contributed by atoms with Crippen molar-refractivity contribution in [3.8, 4) is 0 Å². The Balaban J connectivity index is 1.62. The van der Waals surface area contributed by atoms with Crippen LogP contribution in [0.3, 0.4) is 0 Å². The van der Waals surface area contributed by atoms with Crippen LogP contribution in [0.5, 0.6) is 0 Å². The number of carbonyl (C=O) groups excluding carboxylic acids is 2. The predicted octanol–water partition coefficient (Wildman–Crippen LogP) is 0.945. The highest BCUT2D eigenvalue weighted by Crippen LogP contribution is 2.29. The zero-order valence-corrected chi connectivity index (χ0v) is 14.1. The lowest BCUT2D eigenvalue weighted by Crippen LogP contribution is -2.50. The SMILES string of the molecule is NCC1(C(=O)NCCNC(=O)CC2CCCCC2)CCOCC1. The molecule has 0 spiro atoms. The van der Waals surface area contributed by atoms with E-state index >= 15 is 0 Å². The molecule has 0 aromatic heterocycles. The summed E-state index contributed by atoms with van der Waals surface area (Å²) in [6.07, 6.45) is 8.11. The van der Waals surface area contributed by atoms with E-state index in [9.17, 15) is 9.59 Å². The Kier molecular flexibility index (Phi) is 7.30. The van der Waals surface area contributed by atoms with E-state index in [1.54, 1.807) is 0 Å². The van der Waals surface area contributed by atoms with Crippen LogP contribution in [0.15, 0.2) is 0 Å². The fraction of sp³-hybridized carbons (Fsp3) is 0.882. The van der Waals surface area contributed by atoms with Gasteiger partial charge >= 0.3 is 0 Å². The molecule has 2 amide bonds. The van der Waals surface area contributed by atoms with E-state index in [1.807, 2.05) is 0 Å². The quantitative estimate of drug-likeness (QED) is 0.607. The van der Waals surface area contributed by atoms with Crippen LogP contribution in [0.4, 0.5) is 0 Å². The first-order valence-electron chi connectivity index (χ1n) is 8.99. The molecule has 132 valence electrons. The Morgan fingerprint density at radius 1 is 1.04 bits per heavy atom. The van der Waals surface area contributed by atoms with Crippen LogP contribution < -0.4 is 16.4 Å². The Morgan fingerprint density at radius 3 is 2.35 bits per heavy atom. The van der Waals surface area contributed by atoms with Crippen LogP contribution in [0.1, 0.15) is 51.4 Å². The molecule has 4 N–H and O–H groups in total. The molecule has 0 atom stereocenters. The molecule has 6 nitrogen and oxygen atoms in total. The van der Waals surface area contributed by atoms with Gasteiger partial charge in [-0.2, -0.15) is 0 Å². The zero-order valence-electron chi connectivity index (χ0n) is 14.1. The summed E-state index contributed by atoms with van der Waals surface area (Å²) in [6, 6.07) is 0. The molecular weight excluding hydrogens is 294 g/mol. The minimum atomic E-state index is -0.496. The smallest absolute Gasteiger partial charge is 0.227 e. The van der Waals surface area contributed by atoms with Crippen LogP contribution in [-0.4, -0.2) is 44.7 Å². The van der Waals surface area contributed by atoms with Gasteiger partial charge in [-0.3, -0.25) is 9.59 Å². The Bertz CT molecular complexity index is 389. The van der Waals surface area contributed by atoms with Crippen molar-refractivity contribution < 1.29 is 14.3 Å². The third-order valence-corrected chi connectivity index (χ3v) is 5.25. The molecule has 0 radical (unpaired) electrons. The topological polar surface area (TPSA) is 93.5 Å². The Labute approximate surface area is 138 Å². The summed E-state index contributed by atoms with van der Waals surface area (Å²) < 4.78 is 5.31. The van der Waals surface area contributed by atoms with Crippen molar-refractivity contribution in [1.29, 1.82) is 0 Å². The lowest BCUT2D eigenvalue weighted by atomic mass is 9.79. The van der Waals surface area contributed by atoms with Crippen molar-refractivity contribution in [3.63, 3.8) is 0 Å². The molecule has 2 aliphatic rings. The molecular formula is C17H31N3O3. The van der Waals surface area contributed by atoms with Gasteiger partial charge in [-0.15, -0.1) is 0 Å². The van der Waals surface area contributed by atoms with Crippen molar-refractivity contribution >= 4 is 11.8 Å². The van der Waals surface area contributed by atoms with Gasteiger partial charge in [0.15, 0.2) is 0 Å². The summed E-state index contributed by atoms with van der Waals surface area (Å²) in [5.74, 6) is 0.636. The van der Waals surface area contributed by atoms with E-state index in [-0.39, 0.29) is 11.8 Å². The van der Waals surface area contributed by atoms with Gasteiger partial charge in [-0.25, -0.2) is 0 Å². The van der Waals surface area contributed by atoms with Crippen LogP contribution in [0.25, 0.3) is 0 Å². The number of nitrogens with one attached hydrogen (secondary N) is 2. The molecule has 1 aliphatic carbocycles. The number of amides is 2. The molecule has 1 heterocycles. The first kappa shape index (κ1) is 18.2. The lowest BCUT2D eigenvalue weighted by Gasteiger charge is -2.34. The zero-order chi connectivity index (χ0) is 16.5.